The molecule has 0 aliphatic rings. The van der Waals surface area contributed by atoms with Gasteiger partial charge in [0.05, 0.1) is 0 Å². The second-order valence-corrected chi connectivity index (χ2v) is 7.70. The molecule has 0 spiro atoms. The monoisotopic (exact) mass is 297 g/mol. The molecule has 0 atom stereocenters. The summed E-state index contributed by atoms with van der Waals surface area (Å²) in [6.07, 6.45) is 20.1. The molecule has 0 saturated heterocycles. The summed E-state index contributed by atoms with van der Waals surface area (Å²) in [5.74, 6) is 0. The summed E-state index contributed by atoms with van der Waals surface area (Å²) in [6.45, 7) is 7.00. The Morgan fingerprint density at radius 1 is 0.571 bits per heavy atom. The van der Waals surface area contributed by atoms with E-state index in [4.69, 9.17) is 0 Å². The summed E-state index contributed by atoms with van der Waals surface area (Å²) in [5.41, 5.74) is 0.373. The average Bonchev–Trinajstić information content (AvgIpc) is 2.43. The second-order valence-electron chi connectivity index (χ2n) is 7.70. The minimum atomic E-state index is 0.373. The minimum absolute atomic E-state index is 0.373. The van der Waals surface area contributed by atoms with Gasteiger partial charge in [0.2, 0.25) is 0 Å². The second kappa shape index (κ2) is 13.6. The lowest BCUT2D eigenvalue weighted by atomic mass is 9.95. The molecule has 0 aliphatic heterocycles. The van der Waals surface area contributed by atoms with Crippen LogP contribution in [0.3, 0.4) is 0 Å². The molecule has 0 amide bonds. The first-order chi connectivity index (χ1) is 10.0. The van der Waals surface area contributed by atoms with Crippen molar-refractivity contribution >= 4 is 0 Å². The van der Waals surface area contributed by atoms with Gasteiger partial charge in [-0.25, -0.2) is 0 Å². The molecule has 0 rings (SSSR count). The first kappa shape index (κ1) is 21.0. The molecule has 0 fully saturated rings. The van der Waals surface area contributed by atoms with Crippen LogP contribution >= 0.6 is 0 Å². The van der Waals surface area contributed by atoms with Gasteiger partial charge in [0, 0.05) is 5.54 Å². The molecule has 128 valence electrons. The van der Waals surface area contributed by atoms with Crippen LogP contribution in [-0.2, 0) is 0 Å². The van der Waals surface area contributed by atoms with Gasteiger partial charge in [-0.15, -0.1) is 0 Å². The molecule has 0 N–H and O–H groups in total. The topological polar surface area (TPSA) is 3.24 Å². The standard InChI is InChI=1S/C20H43N/c1-6-7-8-9-10-11-12-13-14-15-16-17-18-19-20(2,3)21(4)5/h6-19H2,1-5H3. The number of hydrogen-bond donors (Lipinski definition) is 0. The molecule has 0 radical (unpaired) electrons. The smallest absolute Gasteiger partial charge is 0.0147 e. The van der Waals surface area contributed by atoms with Crippen molar-refractivity contribution in [2.24, 2.45) is 0 Å². The van der Waals surface area contributed by atoms with Gasteiger partial charge in [-0.3, -0.25) is 0 Å². The van der Waals surface area contributed by atoms with Crippen molar-refractivity contribution in [2.45, 2.75) is 116 Å². The van der Waals surface area contributed by atoms with Crippen molar-refractivity contribution in [3.63, 3.8) is 0 Å². The molecular weight excluding hydrogens is 254 g/mol. The van der Waals surface area contributed by atoms with Gasteiger partial charge in [0.15, 0.2) is 0 Å². The molecule has 21 heavy (non-hydrogen) atoms. The van der Waals surface area contributed by atoms with E-state index in [-0.39, 0.29) is 0 Å². The zero-order valence-electron chi connectivity index (χ0n) is 15.8. The summed E-state index contributed by atoms with van der Waals surface area (Å²) in [5, 5.41) is 0. The fraction of sp³-hybridized carbons (Fsp3) is 1.00. The molecule has 1 nitrogen and oxygen atoms in total. The zero-order chi connectivity index (χ0) is 16.0. The van der Waals surface area contributed by atoms with Gasteiger partial charge >= 0.3 is 0 Å². The Morgan fingerprint density at radius 3 is 1.24 bits per heavy atom. The summed E-state index contributed by atoms with van der Waals surface area (Å²) >= 11 is 0. The Hall–Kier alpha value is -0.0400. The quantitative estimate of drug-likeness (QED) is 0.300. The maximum absolute atomic E-state index is 2.35. The Balaban J connectivity index is 3.16. The van der Waals surface area contributed by atoms with Crippen LogP contribution in [0.4, 0.5) is 0 Å². The van der Waals surface area contributed by atoms with Crippen molar-refractivity contribution in [1.82, 2.24) is 4.90 Å². The molecule has 1 heteroatoms. The van der Waals surface area contributed by atoms with E-state index in [1.54, 1.807) is 0 Å². The highest BCUT2D eigenvalue weighted by Crippen LogP contribution is 2.20. The Bertz CT molecular complexity index is 208. The SMILES string of the molecule is CCCCCCCCCCCCCCCC(C)(C)N(C)C. The van der Waals surface area contributed by atoms with Crippen molar-refractivity contribution in [3.8, 4) is 0 Å². The van der Waals surface area contributed by atoms with Crippen LogP contribution in [0.15, 0.2) is 0 Å². The number of unbranched alkanes of at least 4 members (excludes halogenated alkanes) is 12. The van der Waals surface area contributed by atoms with Gasteiger partial charge < -0.3 is 4.90 Å². The van der Waals surface area contributed by atoms with Gasteiger partial charge in [-0.2, -0.15) is 0 Å². The van der Waals surface area contributed by atoms with E-state index in [1.807, 2.05) is 0 Å². The third kappa shape index (κ3) is 13.4. The van der Waals surface area contributed by atoms with Gasteiger partial charge in [0.25, 0.3) is 0 Å². The van der Waals surface area contributed by atoms with Crippen LogP contribution in [-0.4, -0.2) is 24.5 Å². The first-order valence-electron chi connectivity index (χ1n) is 9.68. The Kier molecular flexibility index (Phi) is 13.6. The molecule has 0 unspecified atom stereocenters. The van der Waals surface area contributed by atoms with Crippen molar-refractivity contribution in [3.05, 3.63) is 0 Å². The molecule has 0 saturated carbocycles. The highest BCUT2D eigenvalue weighted by atomic mass is 15.1. The van der Waals surface area contributed by atoms with Gasteiger partial charge in [-0.1, -0.05) is 90.4 Å². The van der Waals surface area contributed by atoms with E-state index in [1.165, 1.54) is 89.9 Å². The van der Waals surface area contributed by atoms with E-state index in [0.717, 1.165) is 0 Å². The molecule has 0 aliphatic carbocycles. The normalized spacial score (nSPS) is 12.3. The van der Waals surface area contributed by atoms with Crippen LogP contribution in [0, 0.1) is 0 Å². The van der Waals surface area contributed by atoms with Crippen molar-refractivity contribution < 1.29 is 0 Å². The van der Waals surface area contributed by atoms with E-state index >= 15 is 0 Å². The highest BCUT2D eigenvalue weighted by Gasteiger charge is 2.18. The minimum Gasteiger partial charge on any atom is -0.304 e. The Labute approximate surface area is 135 Å². The van der Waals surface area contributed by atoms with E-state index in [9.17, 15) is 0 Å². The molecule has 0 aromatic heterocycles. The molecule has 0 bridgehead atoms. The fourth-order valence-corrected chi connectivity index (χ4v) is 2.80. The average molecular weight is 298 g/mol. The molecule has 0 heterocycles. The van der Waals surface area contributed by atoms with Gasteiger partial charge in [-0.05, 0) is 34.4 Å². The third-order valence-electron chi connectivity index (χ3n) is 5.10. The third-order valence-corrected chi connectivity index (χ3v) is 5.10. The summed E-state index contributed by atoms with van der Waals surface area (Å²) in [4.78, 5) is 2.35. The summed E-state index contributed by atoms with van der Waals surface area (Å²) < 4.78 is 0. The highest BCUT2D eigenvalue weighted by molar-refractivity contribution is 4.76. The van der Waals surface area contributed by atoms with Crippen LogP contribution in [0.2, 0.25) is 0 Å². The molecule has 0 aromatic rings. The van der Waals surface area contributed by atoms with Crippen molar-refractivity contribution in [2.75, 3.05) is 14.1 Å². The number of nitrogens with zero attached hydrogens (tertiary/aromatic N) is 1. The van der Waals surface area contributed by atoms with Crippen LogP contribution in [0.1, 0.15) is 111 Å². The predicted octanol–water partition coefficient (Wildman–Crippen LogP) is 6.81. The molecule has 0 aromatic carbocycles. The number of rotatable bonds is 15. The number of hydrogen-bond acceptors (Lipinski definition) is 1. The summed E-state index contributed by atoms with van der Waals surface area (Å²) in [6, 6.07) is 0. The lowest BCUT2D eigenvalue weighted by Gasteiger charge is -2.32. The van der Waals surface area contributed by atoms with Crippen LogP contribution in [0.25, 0.3) is 0 Å². The van der Waals surface area contributed by atoms with E-state index in [0.29, 0.717) is 5.54 Å². The zero-order valence-corrected chi connectivity index (χ0v) is 15.8. The van der Waals surface area contributed by atoms with Crippen LogP contribution < -0.4 is 0 Å². The predicted molar refractivity (Wildman–Crippen MR) is 98.1 cm³/mol. The van der Waals surface area contributed by atoms with Gasteiger partial charge in [0.1, 0.15) is 0 Å². The summed E-state index contributed by atoms with van der Waals surface area (Å²) in [7, 11) is 4.39. The van der Waals surface area contributed by atoms with Crippen molar-refractivity contribution in [1.29, 1.82) is 0 Å². The first-order valence-corrected chi connectivity index (χ1v) is 9.68. The maximum Gasteiger partial charge on any atom is 0.0147 e. The Morgan fingerprint density at radius 2 is 0.905 bits per heavy atom. The lowest BCUT2D eigenvalue weighted by Crippen LogP contribution is -2.37. The maximum atomic E-state index is 2.35. The van der Waals surface area contributed by atoms with Crippen LogP contribution in [0.5, 0.6) is 0 Å². The molecular formula is C20H43N. The fourth-order valence-electron chi connectivity index (χ4n) is 2.80. The lowest BCUT2D eigenvalue weighted by molar-refractivity contribution is 0.177. The van der Waals surface area contributed by atoms with E-state index in [2.05, 4.69) is 39.8 Å². The van der Waals surface area contributed by atoms with E-state index < -0.39 is 0 Å². The largest absolute Gasteiger partial charge is 0.304 e.